The van der Waals surface area contributed by atoms with Gasteiger partial charge in [-0.2, -0.15) is 0 Å². The smallest absolute Gasteiger partial charge is 0.134 e. The van der Waals surface area contributed by atoms with E-state index in [9.17, 15) is 4.79 Å². The molecule has 0 unspecified atom stereocenters. The standard InChI is InChI=1S/C27H31NO2/c1-3-4-5-26(29)16-20(2)22-8-10-23(11-9-22)24-17-28(18-24)25-12-14-27(15-13-25)30-19-21-6-7-21/h1,8-15,20-21,24H,4-7,16-19H2,2H3/t20-/m1/s1. The fourth-order valence-corrected chi connectivity index (χ4v) is 4.02. The highest BCUT2D eigenvalue weighted by Crippen LogP contribution is 2.34. The molecule has 1 saturated carbocycles. The number of rotatable bonds is 10. The Morgan fingerprint density at radius 1 is 1.13 bits per heavy atom. The maximum absolute atomic E-state index is 12.0. The number of carbonyl (C=O) groups is 1. The van der Waals surface area contributed by atoms with Gasteiger partial charge in [-0.25, -0.2) is 0 Å². The molecule has 0 radical (unpaired) electrons. The molecule has 0 bridgehead atoms. The third kappa shape index (κ3) is 5.25. The summed E-state index contributed by atoms with van der Waals surface area (Å²) in [6, 6.07) is 17.3. The van der Waals surface area contributed by atoms with Crippen LogP contribution in [0.2, 0.25) is 0 Å². The number of ketones is 1. The number of benzene rings is 2. The van der Waals surface area contributed by atoms with Crippen molar-refractivity contribution in [2.75, 3.05) is 24.6 Å². The van der Waals surface area contributed by atoms with E-state index >= 15 is 0 Å². The molecule has 2 aliphatic rings. The molecule has 4 rings (SSSR count). The molecule has 0 N–H and O–H groups in total. The second-order valence-corrected chi connectivity index (χ2v) is 8.86. The van der Waals surface area contributed by atoms with Crippen molar-refractivity contribution in [2.45, 2.75) is 50.9 Å². The molecule has 0 amide bonds. The summed E-state index contributed by atoms with van der Waals surface area (Å²) in [7, 11) is 0. The molecular weight excluding hydrogens is 370 g/mol. The molecule has 1 heterocycles. The summed E-state index contributed by atoms with van der Waals surface area (Å²) in [5.74, 6) is 5.36. The number of nitrogens with zero attached hydrogens (tertiary/aromatic N) is 1. The molecule has 3 heteroatoms. The van der Waals surface area contributed by atoms with Crippen molar-refractivity contribution in [3.8, 4) is 18.1 Å². The van der Waals surface area contributed by atoms with Gasteiger partial charge in [0.25, 0.3) is 0 Å². The van der Waals surface area contributed by atoms with Crippen LogP contribution in [0, 0.1) is 18.3 Å². The zero-order valence-corrected chi connectivity index (χ0v) is 17.8. The second kappa shape index (κ2) is 9.39. The third-order valence-electron chi connectivity index (χ3n) is 6.32. The van der Waals surface area contributed by atoms with Gasteiger partial charge in [0.2, 0.25) is 0 Å². The average Bonchev–Trinajstić information content (AvgIpc) is 3.55. The Balaban J connectivity index is 1.25. The maximum atomic E-state index is 12.0. The summed E-state index contributed by atoms with van der Waals surface area (Å²) < 4.78 is 5.83. The van der Waals surface area contributed by atoms with Crippen LogP contribution in [0.5, 0.6) is 5.75 Å². The monoisotopic (exact) mass is 401 g/mol. The first-order valence-corrected chi connectivity index (χ1v) is 11.1. The van der Waals surface area contributed by atoms with Gasteiger partial charge >= 0.3 is 0 Å². The minimum atomic E-state index is 0.239. The van der Waals surface area contributed by atoms with E-state index in [1.165, 1.54) is 29.7 Å². The molecule has 1 atom stereocenters. The van der Waals surface area contributed by atoms with Crippen molar-refractivity contribution in [3.05, 3.63) is 59.7 Å². The minimum absolute atomic E-state index is 0.239. The van der Waals surface area contributed by atoms with E-state index in [4.69, 9.17) is 11.2 Å². The van der Waals surface area contributed by atoms with Gasteiger partial charge in [-0.05, 0) is 60.1 Å². The highest BCUT2D eigenvalue weighted by Gasteiger charge is 2.28. The van der Waals surface area contributed by atoms with Crippen LogP contribution in [0.3, 0.4) is 0 Å². The summed E-state index contributed by atoms with van der Waals surface area (Å²) in [4.78, 5) is 14.4. The van der Waals surface area contributed by atoms with Crippen molar-refractivity contribution < 1.29 is 9.53 Å². The lowest BCUT2D eigenvalue weighted by Crippen LogP contribution is -2.45. The molecular formula is C27H31NO2. The molecule has 1 aliphatic heterocycles. The first kappa shape index (κ1) is 20.5. The molecule has 30 heavy (non-hydrogen) atoms. The lowest BCUT2D eigenvalue weighted by Gasteiger charge is -2.41. The molecule has 2 aromatic carbocycles. The van der Waals surface area contributed by atoms with Gasteiger partial charge in [-0.1, -0.05) is 31.2 Å². The Morgan fingerprint density at radius 2 is 1.83 bits per heavy atom. The van der Waals surface area contributed by atoms with Crippen LogP contribution >= 0.6 is 0 Å². The lowest BCUT2D eigenvalue weighted by molar-refractivity contribution is -0.119. The molecule has 0 aromatic heterocycles. The summed E-state index contributed by atoms with van der Waals surface area (Å²) in [6.45, 7) is 5.06. The van der Waals surface area contributed by atoms with Crippen LogP contribution in [-0.4, -0.2) is 25.5 Å². The number of anilines is 1. The highest BCUT2D eigenvalue weighted by atomic mass is 16.5. The van der Waals surface area contributed by atoms with Gasteiger partial charge in [0.15, 0.2) is 0 Å². The average molecular weight is 402 g/mol. The van der Waals surface area contributed by atoms with Gasteiger partial charge in [-0.15, -0.1) is 12.3 Å². The lowest BCUT2D eigenvalue weighted by atomic mass is 9.88. The van der Waals surface area contributed by atoms with Gasteiger partial charge in [0.1, 0.15) is 11.5 Å². The SMILES string of the molecule is C#CCCC(=O)C[C@@H](C)c1ccc(C2CN(c3ccc(OCC4CC4)cc3)C2)cc1. The predicted molar refractivity (Wildman–Crippen MR) is 122 cm³/mol. The number of hydrogen-bond acceptors (Lipinski definition) is 3. The number of terminal acetylenes is 1. The quantitative estimate of drug-likeness (QED) is 0.489. The van der Waals surface area contributed by atoms with Crippen LogP contribution in [0.1, 0.15) is 62.0 Å². The van der Waals surface area contributed by atoms with Crippen LogP contribution in [0.15, 0.2) is 48.5 Å². The van der Waals surface area contributed by atoms with Gasteiger partial charge in [0, 0.05) is 44.0 Å². The zero-order valence-electron chi connectivity index (χ0n) is 17.8. The fourth-order valence-electron chi connectivity index (χ4n) is 4.02. The molecule has 1 aliphatic carbocycles. The molecule has 0 spiro atoms. The van der Waals surface area contributed by atoms with Crippen LogP contribution in [0.4, 0.5) is 5.69 Å². The predicted octanol–water partition coefficient (Wildman–Crippen LogP) is 5.56. The third-order valence-corrected chi connectivity index (χ3v) is 6.32. The van der Waals surface area contributed by atoms with E-state index in [-0.39, 0.29) is 11.7 Å². The summed E-state index contributed by atoms with van der Waals surface area (Å²) in [5.41, 5.74) is 3.87. The number of hydrogen-bond donors (Lipinski definition) is 0. The summed E-state index contributed by atoms with van der Waals surface area (Å²) in [6.07, 6.45) is 9.48. The largest absolute Gasteiger partial charge is 0.493 e. The Labute approximate surface area is 180 Å². The van der Waals surface area contributed by atoms with E-state index in [1.54, 1.807) is 0 Å². The Hall–Kier alpha value is -2.73. The normalized spacial score (nSPS) is 17.1. The number of ether oxygens (including phenoxy) is 1. The number of carbonyl (C=O) groups excluding carboxylic acids is 1. The summed E-state index contributed by atoms with van der Waals surface area (Å²) in [5, 5.41) is 0. The van der Waals surface area contributed by atoms with Crippen LogP contribution < -0.4 is 9.64 Å². The highest BCUT2D eigenvalue weighted by molar-refractivity contribution is 5.79. The van der Waals surface area contributed by atoms with Gasteiger partial charge in [0.05, 0.1) is 6.61 Å². The maximum Gasteiger partial charge on any atom is 0.134 e. The van der Waals surface area contributed by atoms with E-state index < -0.39 is 0 Å². The summed E-state index contributed by atoms with van der Waals surface area (Å²) >= 11 is 0. The van der Waals surface area contributed by atoms with Crippen molar-refractivity contribution in [1.82, 2.24) is 0 Å². The van der Waals surface area contributed by atoms with Gasteiger partial charge in [-0.3, -0.25) is 4.79 Å². The molecule has 2 fully saturated rings. The Kier molecular flexibility index (Phi) is 6.43. The van der Waals surface area contributed by atoms with E-state index in [0.717, 1.165) is 31.4 Å². The Bertz CT molecular complexity index is 884. The first-order valence-electron chi connectivity index (χ1n) is 11.1. The van der Waals surface area contributed by atoms with Crippen molar-refractivity contribution in [1.29, 1.82) is 0 Å². The van der Waals surface area contributed by atoms with Crippen molar-refractivity contribution in [3.63, 3.8) is 0 Å². The van der Waals surface area contributed by atoms with Crippen LogP contribution in [-0.2, 0) is 4.79 Å². The number of Topliss-reactive ketones (excluding diaryl/α,β-unsaturated/α-hetero) is 1. The molecule has 2 aromatic rings. The topological polar surface area (TPSA) is 29.5 Å². The fraction of sp³-hybridized carbons (Fsp3) is 0.444. The van der Waals surface area contributed by atoms with E-state index in [1.807, 2.05) is 0 Å². The zero-order chi connectivity index (χ0) is 20.9. The Morgan fingerprint density at radius 3 is 2.47 bits per heavy atom. The van der Waals surface area contributed by atoms with E-state index in [0.29, 0.717) is 25.2 Å². The second-order valence-electron chi connectivity index (χ2n) is 8.86. The first-order chi connectivity index (χ1) is 14.6. The van der Waals surface area contributed by atoms with Crippen LogP contribution in [0.25, 0.3) is 0 Å². The van der Waals surface area contributed by atoms with Crippen molar-refractivity contribution in [2.24, 2.45) is 5.92 Å². The van der Waals surface area contributed by atoms with Crippen molar-refractivity contribution >= 4 is 11.5 Å². The molecule has 156 valence electrons. The minimum Gasteiger partial charge on any atom is -0.493 e. The molecule has 1 saturated heterocycles. The van der Waals surface area contributed by atoms with Gasteiger partial charge < -0.3 is 9.64 Å². The van der Waals surface area contributed by atoms with E-state index in [2.05, 4.69) is 66.3 Å². The molecule has 3 nitrogen and oxygen atoms in total.